The quantitative estimate of drug-likeness (QED) is 0.506. The largest absolute Gasteiger partial charge is 0.508 e. The maximum Gasteiger partial charge on any atom is 0.275 e. The lowest BCUT2D eigenvalue weighted by Crippen LogP contribution is -2.17. The Morgan fingerprint density at radius 1 is 1.14 bits per heavy atom. The number of benzene rings is 2. The van der Waals surface area contributed by atoms with Gasteiger partial charge in [-0.25, -0.2) is 5.43 Å². The number of methoxy groups -OCH3 is 1. The van der Waals surface area contributed by atoms with Gasteiger partial charge in [-0.3, -0.25) is 4.79 Å². The summed E-state index contributed by atoms with van der Waals surface area (Å²) in [7, 11) is 1.42. The van der Waals surface area contributed by atoms with Crippen LogP contribution in [-0.4, -0.2) is 34.6 Å². The fraction of sp³-hybridized carbons (Fsp3) is 0.0667. The monoisotopic (exact) mass is 302 g/mol. The number of hydrogen-bond donors (Lipinski definition) is 4. The molecule has 0 aliphatic heterocycles. The maximum atomic E-state index is 11.8. The topological polar surface area (TPSA) is 111 Å². The zero-order chi connectivity index (χ0) is 16.1. The van der Waals surface area contributed by atoms with Crippen LogP contribution in [0.15, 0.2) is 41.5 Å². The zero-order valence-electron chi connectivity index (χ0n) is 11.6. The van der Waals surface area contributed by atoms with Gasteiger partial charge in [0, 0.05) is 6.07 Å². The van der Waals surface area contributed by atoms with Crippen LogP contribution in [0.4, 0.5) is 0 Å². The van der Waals surface area contributed by atoms with E-state index in [1.165, 1.54) is 31.5 Å². The van der Waals surface area contributed by atoms with Gasteiger partial charge in [0.05, 0.1) is 18.9 Å². The number of phenols is 3. The molecule has 0 aromatic heterocycles. The molecule has 7 heteroatoms. The minimum absolute atomic E-state index is 0.00213. The van der Waals surface area contributed by atoms with Gasteiger partial charge in [-0.2, -0.15) is 5.10 Å². The molecule has 0 fully saturated rings. The van der Waals surface area contributed by atoms with Crippen molar-refractivity contribution < 1.29 is 24.9 Å². The Labute approximate surface area is 126 Å². The molecule has 0 radical (unpaired) electrons. The second-order valence-corrected chi connectivity index (χ2v) is 4.33. The number of nitrogens with one attached hydrogen (secondary N) is 1. The normalized spacial score (nSPS) is 10.6. The number of hydrazone groups is 1. The fourth-order valence-corrected chi connectivity index (χ4v) is 1.71. The average molecular weight is 302 g/mol. The van der Waals surface area contributed by atoms with Crippen LogP contribution in [0.2, 0.25) is 0 Å². The molecule has 2 aromatic rings. The van der Waals surface area contributed by atoms with E-state index in [1.807, 2.05) is 0 Å². The van der Waals surface area contributed by atoms with E-state index in [0.717, 1.165) is 6.07 Å². The van der Waals surface area contributed by atoms with Crippen molar-refractivity contribution in [2.75, 3.05) is 7.11 Å². The van der Waals surface area contributed by atoms with Gasteiger partial charge < -0.3 is 20.1 Å². The van der Waals surface area contributed by atoms with E-state index in [9.17, 15) is 15.0 Å². The lowest BCUT2D eigenvalue weighted by atomic mass is 10.2. The molecule has 4 N–H and O–H groups in total. The molecular formula is C15H14N2O5. The van der Waals surface area contributed by atoms with Crippen LogP contribution in [0.25, 0.3) is 0 Å². The van der Waals surface area contributed by atoms with Crippen molar-refractivity contribution in [1.29, 1.82) is 0 Å². The molecule has 2 rings (SSSR count). The van der Waals surface area contributed by atoms with Gasteiger partial charge in [0.1, 0.15) is 11.5 Å². The standard InChI is InChI=1S/C15H14N2O5/c1-22-14-6-9(2-5-12(14)19)8-16-17-15(21)11-4-3-10(18)7-13(11)20/h2-8,18-20H,1H3,(H,17,21)/b16-8+. The Bertz CT molecular complexity index is 728. The van der Waals surface area contributed by atoms with Crippen LogP contribution in [0.3, 0.4) is 0 Å². The van der Waals surface area contributed by atoms with Gasteiger partial charge in [0.2, 0.25) is 0 Å². The first-order chi connectivity index (χ1) is 10.5. The molecule has 0 heterocycles. The molecule has 0 spiro atoms. The van der Waals surface area contributed by atoms with Crippen LogP contribution in [0.5, 0.6) is 23.0 Å². The molecule has 22 heavy (non-hydrogen) atoms. The van der Waals surface area contributed by atoms with E-state index in [-0.39, 0.29) is 28.6 Å². The molecule has 0 aliphatic rings. The second kappa shape index (κ2) is 6.49. The molecule has 0 saturated heterocycles. The smallest absolute Gasteiger partial charge is 0.275 e. The first-order valence-electron chi connectivity index (χ1n) is 6.23. The molecule has 0 aliphatic carbocycles. The Morgan fingerprint density at radius 2 is 1.91 bits per heavy atom. The van der Waals surface area contributed by atoms with Gasteiger partial charge in [-0.15, -0.1) is 0 Å². The van der Waals surface area contributed by atoms with Crippen molar-refractivity contribution in [1.82, 2.24) is 5.43 Å². The SMILES string of the molecule is COc1cc(/C=N/NC(=O)c2ccc(O)cc2O)ccc1O. The van der Waals surface area contributed by atoms with Gasteiger partial charge in [-0.1, -0.05) is 0 Å². The Morgan fingerprint density at radius 3 is 2.59 bits per heavy atom. The lowest BCUT2D eigenvalue weighted by molar-refractivity contribution is 0.0952. The first kappa shape index (κ1) is 15.2. The van der Waals surface area contributed by atoms with Crippen molar-refractivity contribution in [3.63, 3.8) is 0 Å². The summed E-state index contributed by atoms with van der Waals surface area (Å²) in [6.45, 7) is 0. The van der Waals surface area contributed by atoms with E-state index in [4.69, 9.17) is 9.84 Å². The van der Waals surface area contributed by atoms with E-state index < -0.39 is 5.91 Å². The summed E-state index contributed by atoms with van der Waals surface area (Å²) in [5, 5.41) is 31.9. The first-order valence-corrected chi connectivity index (χ1v) is 6.23. The van der Waals surface area contributed by atoms with E-state index in [1.54, 1.807) is 12.1 Å². The zero-order valence-corrected chi connectivity index (χ0v) is 11.6. The van der Waals surface area contributed by atoms with Gasteiger partial charge in [0.15, 0.2) is 11.5 Å². The number of amides is 1. The minimum Gasteiger partial charge on any atom is -0.508 e. The summed E-state index contributed by atoms with van der Waals surface area (Å²) in [6, 6.07) is 8.19. The predicted molar refractivity (Wildman–Crippen MR) is 79.5 cm³/mol. The third-order valence-corrected chi connectivity index (χ3v) is 2.81. The summed E-state index contributed by atoms with van der Waals surface area (Å²) in [6.07, 6.45) is 1.36. The van der Waals surface area contributed by atoms with E-state index in [2.05, 4.69) is 10.5 Å². The highest BCUT2D eigenvalue weighted by molar-refractivity contribution is 5.97. The molecule has 1 amide bonds. The predicted octanol–water partition coefficient (Wildman–Crippen LogP) is 1.58. The molecule has 0 saturated carbocycles. The summed E-state index contributed by atoms with van der Waals surface area (Å²) >= 11 is 0. The molecule has 0 atom stereocenters. The highest BCUT2D eigenvalue weighted by Gasteiger charge is 2.10. The summed E-state index contributed by atoms with van der Waals surface area (Å²) in [5.41, 5.74) is 2.83. The van der Waals surface area contributed by atoms with Crippen LogP contribution < -0.4 is 10.2 Å². The molecule has 0 unspecified atom stereocenters. The Hall–Kier alpha value is -3.22. The van der Waals surface area contributed by atoms with Crippen molar-refractivity contribution in [2.45, 2.75) is 0 Å². The van der Waals surface area contributed by atoms with Gasteiger partial charge >= 0.3 is 0 Å². The number of hydrogen-bond acceptors (Lipinski definition) is 6. The van der Waals surface area contributed by atoms with Crippen molar-refractivity contribution in [3.05, 3.63) is 47.5 Å². The highest BCUT2D eigenvalue weighted by Crippen LogP contribution is 2.25. The van der Waals surface area contributed by atoms with Crippen molar-refractivity contribution >= 4 is 12.1 Å². The van der Waals surface area contributed by atoms with Crippen LogP contribution >= 0.6 is 0 Å². The highest BCUT2D eigenvalue weighted by atomic mass is 16.5. The molecule has 2 aromatic carbocycles. The van der Waals surface area contributed by atoms with E-state index in [0.29, 0.717) is 5.56 Å². The number of carbonyl (C=O) groups excluding carboxylic acids is 1. The molecule has 7 nitrogen and oxygen atoms in total. The number of nitrogens with zero attached hydrogens (tertiary/aromatic N) is 1. The third kappa shape index (κ3) is 3.45. The van der Waals surface area contributed by atoms with Crippen molar-refractivity contribution in [2.24, 2.45) is 5.10 Å². The molecular weight excluding hydrogens is 288 g/mol. The Balaban J connectivity index is 2.07. The van der Waals surface area contributed by atoms with Crippen molar-refractivity contribution in [3.8, 4) is 23.0 Å². The lowest BCUT2D eigenvalue weighted by Gasteiger charge is -2.04. The van der Waals surface area contributed by atoms with Gasteiger partial charge in [0.25, 0.3) is 5.91 Å². The molecule has 114 valence electrons. The summed E-state index contributed by atoms with van der Waals surface area (Å²) in [5.74, 6) is -0.837. The maximum absolute atomic E-state index is 11.8. The average Bonchev–Trinajstić information content (AvgIpc) is 2.48. The summed E-state index contributed by atoms with van der Waals surface area (Å²) < 4.78 is 4.95. The van der Waals surface area contributed by atoms with Gasteiger partial charge in [-0.05, 0) is 35.9 Å². The van der Waals surface area contributed by atoms with E-state index >= 15 is 0 Å². The minimum atomic E-state index is -0.625. The number of ether oxygens (including phenoxy) is 1. The second-order valence-electron chi connectivity index (χ2n) is 4.33. The molecule has 0 bridgehead atoms. The number of carbonyl (C=O) groups is 1. The fourth-order valence-electron chi connectivity index (χ4n) is 1.71. The Kier molecular flexibility index (Phi) is 4.47. The number of phenolic OH excluding ortho intramolecular Hbond substituents is 3. The van der Waals surface area contributed by atoms with Crippen LogP contribution in [0, 0.1) is 0 Å². The number of aromatic hydroxyl groups is 3. The van der Waals surface area contributed by atoms with Crippen LogP contribution in [-0.2, 0) is 0 Å². The summed E-state index contributed by atoms with van der Waals surface area (Å²) in [4.78, 5) is 11.8. The number of rotatable bonds is 4. The third-order valence-electron chi connectivity index (χ3n) is 2.81. The van der Waals surface area contributed by atoms with Crippen LogP contribution in [0.1, 0.15) is 15.9 Å².